The summed E-state index contributed by atoms with van der Waals surface area (Å²) in [7, 11) is 1.77. The van der Waals surface area contributed by atoms with Crippen LogP contribution in [0.3, 0.4) is 0 Å². The van der Waals surface area contributed by atoms with Crippen molar-refractivity contribution in [3.8, 4) is 0 Å². The predicted octanol–water partition coefficient (Wildman–Crippen LogP) is 1.61. The molecule has 0 aromatic carbocycles. The number of methoxy groups -OCH3 is 1. The Balaban J connectivity index is 2.23. The molecule has 0 spiro atoms. The van der Waals surface area contributed by atoms with Crippen LogP contribution >= 0.6 is 0 Å². The Morgan fingerprint density at radius 2 is 2.17 bits per heavy atom. The number of hydrogen-bond donors (Lipinski definition) is 0. The molecule has 2 nitrogen and oxygen atoms in total. The standard InChI is InChI=1S/C10H21NO/c1-4-10-8-11(5-6-12-3)7-9(10)2/h9-10H,4-8H2,1-3H3/t9-,10-/m1/s1. The number of rotatable bonds is 4. The third-order valence-corrected chi connectivity index (χ3v) is 2.98. The van der Waals surface area contributed by atoms with Crippen molar-refractivity contribution < 1.29 is 4.74 Å². The Labute approximate surface area is 75.9 Å². The van der Waals surface area contributed by atoms with E-state index in [9.17, 15) is 0 Å². The summed E-state index contributed by atoms with van der Waals surface area (Å²) in [6.45, 7) is 9.19. The van der Waals surface area contributed by atoms with Crippen molar-refractivity contribution in [3.05, 3.63) is 0 Å². The van der Waals surface area contributed by atoms with Gasteiger partial charge in [-0.2, -0.15) is 0 Å². The molecule has 0 bridgehead atoms. The first-order valence-corrected chi connectivity index (χ1v) is 4.99. The molecule has 1 saturated heterocycles. The van der Waals surface area contributed by atoms with Crippen LogP contribution in [0.4, 0.5) is 0 Å². The maximum Gasteiger partial charge on any atom is 0.0589 e. The van der Waals surface area contributed by atoms with Crippen LogP contribution in [0.5, 0.6) is 0 Å². The second-order valence-corrected chi connectivity index (χ2v) is 3.90. The molecule has 0 radical (unpaired) electrons. The smallest absolute Gasteiger partial charge is 0.0589 e. The fourth-order valence-electron chi connectivity index (χ4n) is 2.08. The van der Waals surface area contributed by atoms with E-state index in [0.29, 0.717) is 0 Å². The fourth-order valence-corrected chi connectivity index (χ4v) is 2.08. The summed E-state index contributed by atoms with van der Waals surface area (Å²) in [5.74, 6) is 1.80. The topological polar surface area (TPSA) is 12.5 Å². The molecule has 12 heavy (non-hydrogen) atoms. The van der Waals surface area contributed by atoms with Crippen molar-refractivity contribution in [3.63, 3.8) is 0 Å². The molecule has 2 atom stereocenters. The van der Waals surface area contributed by atoms with Gasteiger partial charge in [0, 0.05) is 26.7 Å². The maximum atomic E-state index is 5.07. The zero-order valence-electron chi connectivity index (χ0n) is 8.55. The molecule has 72 valence electrons. The van der Waals surface area contributed by atoms with Crippen LogP contribution in [0.25, 0.3) is 0 Å². The second-order valence-electron chi connectivity index (χ2n) is 3.90. The van der Waals surface area contributed by atoms with Gasteiger partial charge in [0.25, 0.3) is 0 Å². The number of nitrogens with zero attached hydrogens (tertiary/aromatic N) is 1. The minimum Gasteiger partial charge on any atom is -0.383 e. The van der Waals surface area contributed by atoms with Crippen LogP contribution in [-0.2, 0) is 4.74 Å². The molecule has 0 amide bonds. The third kappa shape index (κ3) is 2.46. The summed E-state index contributed by atoms with van der Waals surface area (Å²) < 4.78 is 5.07. The van der Waals surface area contributed by atoms with Gasteiger partial charge in [-0.3, -0.25) is 0 Å². The van der Waals surface area contributed by atoms with Crippen molar-refractivity contribution in [1.82, 2.24) is 4.90 Å². The van der Waals surface area contributed by atoms with Gasteiger partial charge in [-0.05, 0) is 11.8 Å². The van der Waals surface area contributed by atoms with Crippen LogP contribution in [0, 0.1) is 11.8 Å². The van der Waals surface area contributed by atoms with Gasteiger partial charge >= 0.3 is 0 Å². The van der Waals surface area contributed by atoms with E-state index in [-0.39, 0.29) is 0 Å². The van der Waals surface area contributed by atoms with Crippen molar-refractivity contribution in [2.75, 3.05) is 33.4 Å². The van der Waals surface area contributed by atoms with Gasteiger partial charge in [0.1, 0.15) is 0 Å². The van der Waals surface area contributed by atoms with E-state index in [1.54, 1.807) is 7.11 Å². The lowest BCUT2D eigenvalue weighted by Crippen LogP contribution is -2.25. The maximum absolute atomic E-state index is 5.07. The van der Waals surface area contributed by atoms with Crippen molar-refractivity contribution in [1.29, 1.82) is 0 Å². The van der Waals surface area contributed by atoms with E-state index in [2.05, 4.69) is 18.7 Å². The van der Waals surface area contributed by atoms with Crippen molar-refractivity contribution >= 4 is 0 Å². The van der Waals surface area contributed by atoms with Gasteiger partial charge in [0.15, 0.2) is 0 Å². The SMILES string of the molecule is CC[C@@H]1CN(CCOC)C[C@H]1C. The lowest BCUT2D eigenvalue weighted by atomic mass is 9.96. The summed E-state index contributed by atoms with van der Waals surface area (Å²) >= 11 is 0. The van der Waals surface area contributed by atoms with Gasteiger partial charge in [-0.25, -0.2) is 0 Å². The Kier molecular flexibility index (Phi) is 4.02. The van der Waals surface area contributed by atoms with Crippen LogP contribution < -0.4 is 0 Å². The van der Waals surface area contributed by atoms with Crippen LogP contribution in [-0.4, -0.2) is 38.3 Å². The quantitative estimate of drug-likeness (QED) is 0.637. The lowest BCUT2D eigenvalue weighted by Gasteiger charge is -2.14. The molecule has 1 fully saturated rings. The van der Waals surface area contributed by atoms with Gasteiger partial charge in [-0.1, -0.05) is 20.3 Å². The Bertz CT molecular complexity index is 127. The van der Waals surface area contributed by atoms with Gasteiger partial charge in [0.05, 0.1) is 6.61 Å². The van der Waals surface area contributed by atoms with E-state index in [0.717, 1.165) is 25.0 Å². The third-order valence-electron chi connectivity index (χ3n) is 2.98. The molecule has 1 rings (SSSR count). The first-order valence-electron chi connectivity index (χ1n) is 4.99. The predicted molar refractivity (Wildman–Crippen MR) is 51.3 cm³/mol. The number of likely N-dealkylation sites (tertiary alicyclic amines) is 1. The zero-order chi connectivity index (χ0) is 8.97. The van der Waals surface area contributed by atoms with Crippen LogP contribution in [0.1, 0.15) is 20.3 Å². The van der Waals surface area contributed by atoms with E-state index in [4.69, 9.17) is 4.74 Å². The molecular weight excluding hydrogens is 150 g/mol. The molecule has 0 aromatic rings. The highest BCUT2D eigenvalue weighted by Gasteiger charge is 2.27. The van der Waals surface area contributed by atoms with Crippen LogP contribution in [0.2, 0.25) is 0 Å². The first-order chi connectivity index (χ1) is 5.77. The van der Waals surface area contributed by atoms with E-state index in [1.807, 2.05) is 0 Å². The molecule has 1 heterocycles. The minimum absolute atomic E-state index is 0.878. The highest BCUT2D eigenvalue weighted by Crippen LogP contribution is 2.24. The summed E-state index contributed by atoms with van der Waals surface area (Å²) in [4.78, 5) is 2.52. The second kappa shape index (κ2) is 4.83. The normalized spacial score (nSPS) is 31.2. The molecule has 0 unspecified atom stereocenters. The first kappa shape index (κ1) is 10.0. The number of hydrogen-bond acceptors (Lipinski definition) is 2. The Hall–Kier alpha value is -0.0800. The van der Waals surface area contributed by atoms with E-state index in [1.165, 1.54) is 19.5 Å². The van der Waals surface area contributed by atoms with Gasteiger partial charge in [-0.15, -0.1) is 0 Å². The van der Waals surface area contributed by atoms with E-state index >= 15 is 0 Å². The summed E-state index contributed by atoms with van der Waals surface area (Å²) in [5.41, 5.74) is 0. The summed E-state index contributed by atoms with van der Waals surface area (Å²) in [5, 5.41) is 0. The average Bonchev–Trinajstić information content (AvgIpc) is 2.43. The molecule has 0 aromatic heterocycles. The zero-order valence-corrected chi connectivity index (χ0v) is 8.55. The molecule has 2 heteroatoms. The highest BCUT2D eigenvalue weighted by molar-refractivity contribution is 4.80. The summed E-state index contributed by atoms with van der Waals surface area (Å²) in [6, 6.07) is 0. The molecule has 1 aliphatic rings. The molecule has 0 N–H and O–H groups in total. The Morgan fingerprint density at radius 1 is 1.42 bits per heavy atom. The molecule has 0 saturated carbocycles. The lowest BCUT2D eigenvalue weighted by molar-refractivity contribution is 0.158. The largest absolute Gasteiger partial charge is 0.383 e. The van der Waals surface area contributed by atoms with Gasteiger partial charge in [0.2, 0.25) is 0 Å². The van der Waals surface area contributed by atoms with Crippen molar-refractivity contribution in [2.24, 2.45) is 11.8 Å². The monoisotopic (exact) mass is 171 g/mol. The highest BCUT2D eigenvalue weighted by atomic mass is 16.5. The minimum atomic E-state index is 0.878. The molecule has 0 aliphatic carbocycles. The summed E-state index contributed by atoms with van der Waals surface area (Å²) in [6.07, 6.45) is 1.32. The fraction of sp³-hybridized carbons (Fsp3) is 1.00. The molecular formula is C10H21NO. The molecule has 1 aliphatic heterocycles. The van der Waals surface area contributed by atoms with Gasteiger partial charge < -0.3 is 9.64 Å². The van der Waals surface area contributed by atoms with Crippen molar-refractivity contribution in [2.45, 2.75) is 20.3 Å². The average molecular weight is 171 g/mol. The number of ether oxygens (including phenoxy) is 1. The Morgan fingerprint density at radius 3 is 2.67 bits per heavy atom. The van der Waals surface area contributed by atoms with Crippen LogP contribution in [0.15, 0.2) is 0 Å². The van der Waals surface area contributed by atoms with E-state index < -0.39 is 0 Å².